The minimum absolute atomic E-state index is 0.170. The number of carbonyl (C=O) groups is 1. The van der Waals surface area contributed by atoms with E-state index in [0.717, 1.165) is 25.9 Å². The van der Waals surface area contributed by atoms with E-state index in [1.54, 1.807) is 6.08 Å². The number of esters is 1. The zero-order chi connectivity index (χ0) is 13.3. The maximum absolute atomic E-state index is 11.2. The molecule has 0 rings (SSSR count). The third kappa shape index (κ3) is 6.47. The van der Waals surface area contributed by atoms with Gasteiger partial charge in [-0.1, -0.05) is 19.9 Å². The van der Waals surface area contributed by atoms with Crippen LogP contribution in [0.25, 0.3) is 0 Å². The zero-order valence-corrected chi connectivity index (χ0v) is 12.0. The van der Waals surface area contributed by atoms with Crippen molar-refractivity contribution in [2.75, 3.05) is 19.7 Å². The summed E-state index contributed by atoms with van der Waals surface area (Å²) in [5.41, 5.74) is 0.170. The van der Waals surface area contributed by atoms with E-state index in [2.05, 4.69) is 32.6 Å². The van der Waals surface area contributed by atoms with Gasteiger partial charge in [0, 0.05) is 18.2 Å². The van der Waals surface area contributed by atoms with E-state index in [-0.39, 0.29) is 11.5 Å². The van der Waals surface area contributed by atoms with Crippen molar-refractivity contribution in [3.63, 3.8) is 0 Å². The highest BCUT2D eigenvalue weighted by atomic mass is 16.5. The summed E-state index contributed by atoms with van der Waals surface area (Å²) in [6, 6.07) is 0. The lowest BCUT2D eigenvalue weighted by Gasteiger charge is -2.37. The molecule has 17 heavy (non-hydrogen) atoms. The van der Waals surface area contributed by atoms with Crippen LogP contribution < -0.4 is 0 Å². The Morgan fingerprint density at radius 3 is 2.41 bits per heavy atom. The second-order valence-electron chi connectivity index (χ2n) is 4.82. The molecule has 0 fully saturated rings. The van der Waals surface area contributed by atoms with Crippen LogP contribution in [0.2, 0.25) is 0 Å². The molecule has 0 aliphatic heterocycles. The summed E-state index contributed by atoms with van der Waals surface area (Å²) in [7, 11) is 0. The number of carbonyl (C=O) groups excluding carboxylic acids is 1. The van der Waals surface area contributed by atoms with E-state index in [1.165, 1.54) is 6.08 Å². The first kappa shape index (κ1) is 16.2. The average Bonchev–Trinajstić information content (AvgIpc) is 2.28. The lowest BCUT2D eigenvalue weighted by atomic mass is 9.99. The standard InChI is InChI=1S/C14H27NO2/c1-6-9-13(16)17-12-11-15(10-7-2)14(4,5)8-3/h6,9H,7-8,10-12H2,1-5H3/b9-6-. The van der Waals surface area contributed by atoms with Crippen LogP contribution in [0.4, 0.5) is 0 Å². The summed E-state index contributed by atoms with van der Waals surface area (Å²) >= 11 is 0. The van der Waals surface area contributed by atoms with Gasteiger partial charge in [-0.2, -0.15) is 0 Å². The Morgan fingerprint density at radius 1 is 1.29 bits per heavy atom. The second kappa shape index (κ2) is 8.29. The van der Waals surface area contributed by atoms with E-state index in [1.807, 2.05) is 6.92 Å². The van der Waals surface area contributed by atoms with Crippen molar-refractivity contribution in [1.82, 2.24) is 4.90 Å². The quantitative estimate of drug-likeness (QED) is 0.483. The highest BCUT2D eigenvalue weighted by molar-refractivity contribution is 5.81. The molecule has 0 atom stereocenters. The van der Waals surface area contributed by atoms with Crippen molar-refractivity contribution >= 4 is 5.97 Å². The average molecular weight is 241 g/mol. The van der Waals surface area contributed by atoms with Crippen molar-refractivity contribution in [2.45, 2.75) is 53.0 Å². The Bertz CT molecular complexity index is 247. The van der Waals surface area contributed by atoms with Crippen LogP contribution in [0.15, 0.2) is 12.2 Å². The monoisotopic (exact) mass is 241 g/mol. The summed E-state index contributed by atoms with van der Waals surface area (Å²) in [6.07, 6.45) is 5.36. The van der Waals surface area contributed by atoms with Gasteiger partial charge in [-0.3, -0.25) is 4.90 Å². The molecule has 0 spiro atoms. The molecule has 0 saturated carbocycles. The van der Waals surface area contributed by atoms with Gasteiger partial charge in [-0.05, 0) is 40.2 Å². The van der Waals surface area contributed by atoms with Gasteiger partial charge in [-0.15, -0.1) is 0 Å². The normalized spacial score (nSPS) is 12.4. The Kier molecular flexibility index (Phi) is 7.88. The fraction of sp³-hybridized carbons (Fsp3) is 0.786. The molecule has 0 aromatic rings. The first-order valence-electron chi connectivity index (χ1n) is 6.52. The number of hydrogen-bond acceptors (Lipinski definition) is 3. The Hall–Kier alpha value is -0.830. The summed E-state index contributed by atoms with van der Waals surface area (Å²) < 4.78 is 5.13. The van der Waals surface area contributed by atoms with Gasteiger partial charge < -0.3 is 4.74 Å². The number of nitrogens with zero attached hydrogens (tertiary/aromatic N) is 1. The van der Waals surface area contributed by atoms with Crippen LogP contribution in [0.5, 0.6) is 0 Å². The van der Waals surface area contributed by atoms with E-state index in [4.69, 9.17) is 4.74 Å². The van der Waals surface area contributed by atoms with Crippen molar-refractivity contribution in [2.24, 2.45) is 0 Å². The highest BCUT2D eigenvalue weighted by Gasteiger charge is 2.23. The predicted octanol–water partition coefficient (Wildman–Crippen LogP) is 3.01. The molecule has 0 unspecified atom stereocenters. The van der Waals surface area contributed by atoms with Crippen molar-refractivity contribution < 1.29 is 9.53 Å². The molecule has 0 radical (unpaired) electrons. The number of allylic oxidation sites excluding steroid dienone is 1. The van der Waals surface area contributed by atoms with Crippen LogP contribution in [0.3, 0.4) is 0 Å². The number of ether oxygens (including phenoxy) is 1. The Balaban J connectivity index is 4.14. The molecule has 0 bridgehead atoms. The summed E-state index contributed by atoms with van der Waals surface area (Å²) in [5, 5.41) is 0. The van der Waals surface area contributed by atoms with Gasteiger partial charge in [0.1, 0.15) is 6.61 Å². The van der Waals surface area contributed by atoms with Crippen LogP contribution in [0.1, 0.15) is 47.5 Å². The molecule has 0 aromatic heterocycles. The SMILES string of the molecule is C/C=C\C(=O)OCCN(CCC)C(C)(C)CC. The molecular formula is C14H27NO2. The van der Waals surface area contributed by atoms with Crippen LogP contribution in [0, 0.1) is 0 Å². The number of rotatable bonds is 8. The molecule has 0 heterocycles. The fourth-order valence-electron chi connectivity index (χ4n) is 1.65. The molecule has 0 aliphatic rings. The lowest BCUT2D eigenvalue weighted by Crippen LogP contribution is -2.45. The van der Waals surface area contributed by atoms with Gasteiger partial charge in [0.05, 0.1) is 0 Å². The maximum Gasteiger partial charge on any atom is 0.330 e. The topological polar surface area (TPSA) is 29.5 Å². The molecule has 0 aromatic carbocycles. The van der Waals surface area contributed by atoms with Crippen LogP contribution >= 0.6 is 0 Å². The van der Waals surface area contributed by atoms with E-state index < -0.39 is 0 Å². The van der Waals surface area contributed by atoms with Gasteiger partial charge in [-0.25, -0.2) is 4.79 Å². The predicted molar refractivity (Wildman–Crippen MR) is 72.0 cm³/mol. The molecule has 3 nitrogen and oxygen atoms in total. The summed E-state index contributed by atoms with van der Waals surface area (Å²) in [5.74, 6) is -0.252. The second-order valence-corrected chi connectivity index (χ2v) is 4.82. The molecule has 3 heteroatoms. The van der Waals surface area contributed by atoms with E-state index in [0.29, 0.717) is 6.61 Å². The number of hydrogen-bond donors (Lipinski definition) is 0. The Labute approximate surface area is 106 Å². The Morgan fingerprint density at radius 2 is 1.94 bits per heavy atom. The molecule has 0 N–H and O–H groups in total. The first-order valence-corrected chi connectivity index (χ1v) is 6.52. The van der Waals surface area contributed by atoms with Gasteiger partial charge in [0.25, 0.3) is 0 Å². The molecule has 0 amide bonds. The summed E-state index contributed by atoms with van der Waals surface area (Å²) in [4.78, 5) is 13.6. The summed E-state index contributed by atoms with van der Waals surface area (Å²) in [6.45, 7) is 12.9. The fourth-order valence-corrected chi connectivity index (χ4v) is 1.65. The molecule has 0 saturated heterocycles. The first-order chi connectivity index (χ1) is 7.97. The highest BCUT2D eigenvalue weighted by Crippen LogP contribution is 2.18. The van der Waals surface area contributed by atoms with Crippen LogP contribution in [-0.2, 0) is 9.53 Å². The van der Waals surface area contributed by atoms with Gasteiger partial charge in [0.2, 0.25) is 0 Å². The smallest absolute Gasteiger partial charge is 0.330 e. The molecule has 0 aliphatic carbocycles. The minimum Gasteiger partial charge on any atom is -0.461 e. The van der Waals surface area contributed by atoms with E-state index in [9.17, 15) is 4.79 Å². The third-order valence-electron chi connectivity index (χ3n) is 3.12. The maximum atomic E-state index is 11.2. The zero-order valence-electron chi connectivity index (χ0n) is 12.0. The molecular weight excluding hydrogens is 214 g/mol. The lowest BCUT2D eigenvalue weighted by molar-refractivity contribution is -0.138. The van der Waals surface area contributed by atoms with Crippen molar-refractivity contribution in [3.05, 3.63) is 12.2 Å². The molecule has 100 valence electrons. The van der Waals surface area contributed by atoms with Crippen LogP contribution in [-0.4, -0.2) is 36.1 Å². The largest absolute Gasteiger partial charge is 0.461 e. The third-order valence-corrected chi connectivity index (χ3v) is 3.12. The van der Waals surface area contributed by atoms with Gasteiger partial charge in [0.15, 0.2) is 0 Å². The van der Waals surface area contributed by atoms with Gasteiger partial charge >= 0.3 is 5.97 Å². The van der Waals surface area contributed by atoms with E-state index >= 15 is 0 Å². The minimum atomic E-state index is -0.252. The van der Waals surface area contributed by atoms with Crippen molar-refractivity contribution in [1.29, 1.82) is 0 Å². The van der Waals surface area contributed by atoms with Crippen molar-refractivity contribution in [3.8, 4) is 0 Å².